The molecule has 104 valence electrons. The number of amides is 1. The molecule has 18 heavy (non-hydrogen) atoms. The number of nitrogens with one attached hydrogen (secondary N) is 1. The van der Waals surface area contributed by atoms with E-state index in [2.05, 4.69) is 35.9 Å². The lowest BCUT2D eigenvalue weighted by atomic mass is 10.0. The van der Waals surface area contributed by atoms with Crippen LogP contribution in [0.2, 0.25) is 0 Å². The Hall–Kier alpha value is -0.610. The predicted octanol–water partition coefficient (Wildman–Crippen LogP) is 1.42. The highest BCUT2D eigenvalue weighted by Gasteiger charge is 2.40. The van der Waals surface area contributed by atoms with E-state index in [9.17, 15) is 4.79 Å². The topological polar surface area (TPSA) is 35.6 Å². The van der Waals surface area contributed by atoms with Crippen molar-refractivity contribution in [3.63, 3.8) is 0 Å². The minimum Gasteiger partial charge on any atom is -0.323 e. The van der Waals surface area contributed by atoms with Gasteiger partial charge in [0.05, 0.1) is 12.2 Å². The zero-order valence-corrected chi connectivity index (χ0v) is 12.0. The van der Waals surface area contributed by atoms with Crippen LogP contribution in [0.25, 0.3) is 0 Å². The average molecular weight is 253 g/mol. The Balaban J connectivity index is 1.91. The van der Waals surface area contributed by atoms with Crippen LogP contribution in [0.1, 0.15) is 46.5 Å². The number of likely N-dealkylation sites (tertiary alicyclic amines) is 1. The van der Waals surface area contributed by atoms with E-state index < -0.39 is 0 Å². The predicted molar refractivity (Wildman–Crippen MR) is 73.3 cm³/mol. The van der Waals surface area contributed by atoms with E-state index in [1.54, 1.807) is 0 Å². The van der Waals surface area contributed by atoms with E-state index in [0.717, 1.165) is 32.4 Å². The van der Waals surface area contributed by atoms with Crippen LogP contribution in [0.4, 0.5) is 0 Å². The van der Waals surface area contributed by atoms with Gasteiger partial charge in [-0.15, -0.1) is 0 Å². The lowest BCUT2D eigenvalue weighted by molar-refractivity contribution is -0.133. The molecular formula is C14H27N3O. The first kappa shape index (κ1) is 13.8. The first-order valence-electron chi connectivity index (χ1n) is 7.48. The zero-order valence-electron chi connectivity index (χ0n) is 12.0. The number of piperidine rings is 1. The van der Waals surface area contributed by atoms with Crippen LogP contribution in [0, 0.1) is 0 Å². The van der Waals surface area contributed by atoms with E-state index in [0.29, 0.717) is 11.9 Å². The third-order valence-corrected chi connectivity index (χ3v) is 4.31. The monoisotopic (exact) mass is 253 g/mol. The molecule has 2 fully saturated rings. The number of nitrogens with zero attached hydrogens (tertiary/aromatic N) is 2. The van der Waals surface area contributed by atoms with Crippen LogP contribution in [0.15, 0.2) is 0 Å². The molecule has 2 unspecified atom stereocenters. The van der Waals surface area contributed by atoms with Gasteiger partial charge in [0.1, 0.15) is 0 Å². The van der Waals surface area contributed by atoms with Gasteiger partial charge >= 0.3 is 0 Å². The Morgan fingerprint density at radius 3 is 2.44 bits per heavy atom. The second kappa shape index (κ2) is 6.02. The van der Waals surface area contributed by atoms with Crippen molar-refractivity contribution in [2.24, 2.45) is 0 Å². The molecule has 0 aromatic carbocycles. The first-order valence-corrected chi connectivity index (χ1v) is 7.48. The van der Waals surface area contributed by atoms with Gasteiger partial charge in [-0.2, -0.15) is 0 Å². The van der Waals surface area contributed by atoms with Gasteiger partial charge in [-0.1, -0.05) is 13.8 Å². The van der Waals surface area contributed by atoms with Crippen LogP contribution < -0.4 is 5.32 Å². The molecule has 0 radical (unpaired) electrons. The number of hydrogen-bond donors (Lipinski definition) is 1. The number of carbonyl (C=O) groups excluding carboxylic acids is 1. The molecule has 2 rings (SSSR count). The number of hydrogen-bond acceptors (Lipinski definition) is 3. The Kier molecular flexibility index (Phi) is 4.62. The van der Waals surface area contributed by atoms with Crippen molar-refractivity contribution in [3.05, 3.63) is 0 Å². The summed E-state index contributed by atoms with van der Waals surface area (Å²) in [5, 5.41) is 3.40. The third-order valence-electron chi connectivity index (χ3n) is 4.31. The summed E-state index contributed by atoms with van der Waals surface area (Å²) in [5.74, 6) is 0.318. The summed E-state index contributed by atoms with van der Waals surface area (Å²) in [7, 11) is 0. The Morgan fingerprint density at radius 2 is 1.94 bits per heavy atom. The second-order valence-electron chi connectivity index (χ2n) is 5.62. The van der Waals surface area contributed by atoms with E-state index in [4.69, 9.17) is 0 Å². The SMILES string of the molecule is CCCN1CCC(N2C(=O)C(CC)NC2C)CC1. The van der Waals surface area contributed by atoms with Gasteiger partial charge in [0.15, 0.2) is 0 Å². The smallest absolute Gasteiger partial charge is 0.241 e. The molecule has 0 aromatic heterocycles. The lowest BCUT2D eigenvalue weighted by Crippen LogP contribution is -2.49. The highest BCUT2D eigenvalue weighted by atomic mass is 16.2. The van der Waals surface area contributed by atoms with Crippen molar-refractivity contribution in [2.75, 3.05) is 19.6 Å². The molecule has 0 aliphatic carbocycles. The summed E-state index contributed by atoms with van der Waals surface area (Å²) in [4.78, 5) is 16.9. The molecule has 1 amide bonds. The summed E-state index contributed by atoms with van der Waals surface area (Å²) in [6.07, 6.45) is 4.60. The van der Waals surface area contributed by atoms with Crippen molar-refractivity contribution < 1.29 is 4.79 Å². The highest BCUT2D eigenvalue weighted by Crippen LogP contribution is 2.23. The van der Waals surface area contributed by atoms with Gasteiger partial charge < -0.3 is 9.80 Å². The average Bonchev–Trinajstić information content (AvgIpc) is 2.66. The molecule has 4 nitrogen and oxygen atoms in total. The van der Waals surface area contributed by atoms with Gasteiger partial charge in [0, 0.05) is 19.1 Å². The van der Waals surface area contributed by atoms with E-state index in [-0.39, 0.29) is 12.2 Å². The molecule has 2 aliphatic rings. The largest absolute Gasteiger partial charge is 0.323 e. The summed E-state index contributed by atoms with van der Waals surface area (Å²) in [5.41, 5.74) is 0. The van der Waals surface area contributed by atoms with Crippen LogP contribution in [-0.2, 0) is 4.79 Å². The summed E-state index contributed by atoms with van der Waals surface area (Å²) in [6.45, 7) is 9.92. The van der Waals surface area contributed by atoms with Crippen LogP contribution >= 0.6 is 0 Å². The van der Waals surface area contributed by atoms with E-state index in [1.807, 2.05) is 0 Å². The molecule has 0 aromatic rings. The van der Waals surface area contributed by atoms with Crippen molar-refractivity contribution in [3.8, 4) is 0 Å². The maximum absolute atomic E-state index is 12.3. The molecule has 2 atom stereocenters. The Morgan fingerprint density at radius 1 is 1.28 bits per heavy atom. The lowest BCUT2D eigenvalue weighted by Gasteiger charge is -2.38. The highest BCUT2D eigenvalue weighted by molar-refractivity contribution is 5.84. The normalized spacial score (nSPS) is 31.3. The standard InChI is InChI=1S/C14H27N3O/c1-4-8-16-9-6-12(7-10-16)17-11(3)15-13(5-2)14(17)18/h11-13,15H,4-10H2,1-3H3. The van der Waals surface area contributed by atoms with E-state index >= 15 is 0 Å². The van der Waals surface area contributed by atoms with Crippen molar-refractivity contribution in [1.82, 2.24) is 15.1 Å². The molecule has 2 aliphatic heterocycles. The fourth-order valence-electron chi connectivity index (χ4n) is 3.34. The molecule has 0 bridgehead atoms. The summed E-state index contributed by atoms with van der Waals surface area (Å²) >= 11 is 0. The number of rotatable bonds is 4. The van der Waals surface area contributed by atoms with Gasteiger partial charge in [-0.25, -0.2) is 0 Å². The molecule has 4 heteroatoms. The van der Waals surface area contributed by atoms with Crippen molar-refractivity contribution >= 4 is 5.91 Å². The minimum atomic E-state index is 0.0497. The molecule has 1 N–H and O–H groups in total. The van der Waals surface area contributed by atoms with E-state index in [1.165, 1.54) is 13.0 Å². The van der Waals surface area contributed by atoms with Gasteiger partial charge in [0.25, 0.3) is 0 Å². The molecule has 0 saturated carbocycles. The Bertz CT molecular complexity index is 287. The Labute approximate surface area is 111 Å². The molecule has 2 heterocycles. The third kappa shape index (κ3) is 2.69. The second-order valence-corrected chi connectivity index (χ2v) is 5.62. The van der Waals surface area contributed by atoms with Crippen LogP contribution in [-0.4, -0.2) is 53.6 Å². The van der Waals surface area contributed by atoms with Crippen molar-refractivity contribution in [1.29, 1.82) is 0 Å². The zero-order chi connectivity index (χ0) is 13.1. The van der Waals surface area contributed by atoms with Crippen LogP contribution in [0.3, 0.4) is 0 Å². The molecular weight excluding hydrogens is 226 g/mol. The maximum atomic E-state index is 12.3. The van der Waals surface area contributed by atoms with Crippen LogP contribution in [0.5, 0.6) is 0 Å². The van der Waals surface area contributed by atoms with Gasteiger partial charge in [0.2, 0.25) is 5.91 Å². The maximum Gasteiger partial charge on any atom is 0.241 e. The van der Waals surface area contributed by atoms with Crippen molar-refractivity contribution in [2.45, 2.75) is 64.7 Å². The minimum absolute atomic E-state index is 0.0497. The summed E-state index contributed by atoms with van der Waals surface area (Å²) in [6, 6.07) is 0.498. The first-order chi connectivity index (χ1) is 8.67. The molecule has 0 spiro atoms. The molecule has 2 saturated heterocycles. The van der Waals surface area contributed by atoms with Gasteiger partial charge in [-0.3, -0.25) is 10.1 Å². The fourth-order valence-corrected chi connectivity index (χ4v) is 3.34. The fraction of sp³-hybridized carbons (Fsp3) is 0.929. The van der Waals surface area contributed by atoms with Gasteiger partial charge in [-0.05, 0) is 39.2 Å². The number of carbonyl (C=O) groups is 1. The summed E-state index contributed by atoms with van der Waals surface area (Å²) < 4.78 is 0. The quantitative estimate of drug-likeness (QED) is 0.823.